The summed E-state index contributed by atoms with van der Waals surface area (Å²) in [7, 11) is -3.63. The average Bonchev–Trinajstić information content (AvgIpc) is 2.56. The molecule has 1 aromatic carbocycles. The van der Waals surface area contributed by atoms with Crippen LogP contribution in [-0.4, -0.2) is 31.5 Å². The zero-order valence-corrected chi connectivity index (χ0v) is 14.8. The SMILES string of the molecule is O=S(=O)(Nc1cnc(N2CCCCC2)nc1)c1ccc(Br)cc1. The molecule has 0 spiro atoms. The first-order valence-electron chi connectivity index (χ1n) is 7.40. The van der Waals surface area contributed by atoms with Gasteiger partial charge in [0.25, 0.3) is 10.0 Å². The quantitative estimate of drug-likeness (QED) is 0.859. The van der Waals surface area contributed by atoms with Crippen LogP contribution in [0.25, 0.3) is 0 Å². The van der Waals surface area contributed by atoms with Gasteiger partial charge in [0.2, 0.25) is 5.95 Å². The van der Waals surface area contributed by atoms with E-state index in [0.717, 1.165) is 30.4 Å². The molecule has 0 saturated carbocycles. The number of hydrogen-bond donors (Lipinski definition) is 1. The third-order valence-electron chi connectivity index (χ3n) is 3.65. The van der Waals surface area contributed by atoms with E-state index in [1.807, 2.05) is 0 Å². The predicted molar refractivity (Wildman–Crippen MR) is 93.0 cm³/mol. The Hall–Kier alpha value is -1.67. The summed E-state index contributed by atoms with van der Waals surface area (Å²) in [6.45, 7) is 1.90. The van der Waals surface area contributed by atoms with E-state index >= 15 is 0 Å². The van der Waals surface area contributed by atoms with E-state index in [9.17, 15) is 8.42 Å². The van der Waals surface area contributed by atoms with Gasteiger partial charge in [-0.15, -0.1) is 0 Å². The van der Waals surface area contributed by atoms with E-state index in [4.69, 9.17) is 0 Å². The van der Waals surface area contributed by atoms with Gasteiger partial charge < -0.3 is 4.90 Å². The second-order valence-electron chi connectivity index (χ2n) is 5.38. The topological polar surface area (TPSA) is 75.2 Å². The lowest BCUT2D eigenvalue weighted by atomic mass is 10.1. The van der Waals surface area contributed by atoms with E-state index < -0.39 is 10.0 Å². The zero-order valence-electron chi connectivity index (χ0n) is 12.4. The van der Waals surface area contributed by atoms with Gasteiger partial charge in [-0.3, -0.25) is 4.72 Å². The van der Waals surface area contributed by atoms with Gasteiger partial charge in [-0.25, -0.2) is 18.4 Å². The van der Waals surface area contributed by atoms with Crippen molar-refractivity contribution in [1.82, 2.24) is 9.97 Å². The van der Waals surface area contributed by atoms with Gasteiger partial charge in [0.1, 0.15) is 0 Å². The van der Waals surface area contributed by atoms with Crippen molar-refractivity contribution in [3.63, 3.8) is 0 Å². The van der Waals surface area contributed by atoms with Crippen LogP contribution in [0, 0.1) is 0 Å². The molecular weight excluding hydrogens is 380 g/mol. The van der Waals surface area contributed by atoms with Crippen molar-refractivity contribution in [2.24, 2.45) is 0 Å². The highest BCUT2D eigenvalue weighted by molar-refractivity contribution is 9.10. The van der Waals surface area contributed by atoms with Crippen LogP contribution in [0.3, 0.4) is 0 Å². The summed E-state index contributed by atoms with van der Waals surface area (Å²) in [4.78, 5) is 10.9. The van der Waals surface area contributed by atoms with Gasteiger partial charge >= 0.3 is 0 Å². The van der Waals surface area contributed by atoms with E-state index in [1.54, 1.807) is 12.1 Å². The first-order chi connectivity index (χ1) is 11.0. The van der Waals surface area contributed by atoms with Crippen LogP contribution in [0.5, 0.6) is 0 Å². The highest BCUT2D eigenvalue weighted by Crippen LogP contribution is 2.19. The molecule has 3 rings (SSSR count). The third-order valence-corrected chi connectivity index (χ3v) is 5.58. The second-order valence-corrected chi connectivity index (χ2v) is 7.98. The minimum Gasteiger partial charge on any atom is -0.341 e. The molecule has 1 saturated heterocycles. The highest BCUT2D eigenvalue weighted by Gasteiger charge is 2.16. The summed E-state index contributed by atoms with van der Waals surface area (Å²) in [5.41, 5.74) is 0.355. The summed E-state index contributed by atoms with van der Waals surface area (Å²) < 4.78 is 27.9. The molecule has 0 aliphatic carbocycles. The molecule has 1 aliphatic rings. The van der Waals surface area contributed by atoms with Crippen molar-refractivity contribution in [1.29, 1.82) is 0 Å². The van der Waals surface area contributed by atoms with Gasteiger partial charge in [0.15, 0.2) is 0 Å². The Morgan fingerprint density at radius 3 is 2.22 bits per heavy atom. The number of benzene rings is 1. The molecule has 8 heteroatoms. The number of halogens is 1. The maximum absolute atomic E-state index is 12.3. The summed E-state index contributed by atoms with van der Waals surface area (Å²) in [5.74, 6) is 0.649. The molecular formula is C15H17BrN4O2S. The van der Waals surface area contributed by atoms with E-state index in [2.05, 4.69) is 35.5 Å². The monoisotopic (exact) mass is 396 g/mol. The fourth-order valence-corrected chi connectivity index (χ4v) is 3.75. The Bertz CT molecular complexity index is 757. The van der Waals surface area contributed by atoms with Crippen molar-refractivity contribution in [3.05, 3.63) is 41.1 Å². The fraction of sp³-hybridized carbons (Fsp3) is 0.333. The lowest BCUT2D eigenvalue weighted by molar-refractivity contribution is 0.568. The van der Waals surface area contributed by atoms with Gasteiger partial charge in [-0.2, -0.15) is 0 Å². The summed E-state index contributed by atoms with van der Waals surface area (Å²) in [6.07, 6.45) is 6.53. The maximum Gasteiger partial charge on any atom is 0.261 e. The van der Waals surface area contributed by atoms with Crippen LogP contribution >= 0.6 is 15.9 Å². The van der Waals surface area contributed by atoms with Crippen molar-refractivity contribution in [3.8, 4) is 0 Å². The predicted octanol–water partition coefficient (Wildman–Crippen LogP) is 3.03. The molecule has 0 atom stereocenters. The van der Waals surface area contributed by atoms with Gasteiger partial charge in [-0.1, -0.05) is 15.9 Å². The molecule has 1 N–H and O–H groups in total. The minimum atomic E-state index is -3.63. The number of sulfonamides is 1. The zero-order chi connectivity index (χ0) is 16.3. The number of nitrogens with one attached hydrogen (secondary N) is 1. The smallest absolute Gasteiger partial charge is 0.261 e. The number of piperidine rings is 1. The largest absolute Gasteiger partial charge is 0.341 e. The van der Waals surface area contributed by atoms with Crippen molar-refractivity contribution < 1.29 is 8.42 Å². The Morgan fingerprint density at radius 1 is 1.00 bits per heavy atom. The molecule has 0 radical (unpaired) electrons. The Balaban J connectivity index is 1.73. The Morgan fingerprint density at radius 2 is 1.61 bits per heavy atom. The molecule has 0 unspecified atom stereocenters. The van der Waals surface area contributed by atoms with Crippen LogP contribution in [0.2, 0.25) is 0 Å². The second kappa shape index (κ2) is 6.84. The van der Waals surface area contributed by atoms with Gasteiger partial charge in [-0.05, 0) is 43.5 Å². The first kappa shape index (κ1) is 16.2. The van der Waals surface area contributed by atoms with E-state index in [0.29, 0.717) is 11.6 Å². The summed E-state index contributed by atoms with van der Waals surface area (Å²) in [5, 5.41) is 0. The minimum absolute atomic E-state index is 0.195. The van der Waals surface area contributed by atoms with Crippen molar-refractivity contribution in [2.75, 3.05) is 22.7 Å². The Labute approximate surface area is 144 Å². The molecule has 23 heavy (non-hydrogen) atoms. The van der Waals surface area contributed by atoms with Gasteiger partial charge in [0, 0.05) is 17.6 Å². The lowest BCUT2D eigenvalue weighted by Gasteiger charge is -2.26. The van der Waals surface area contributed by atoms with E-state index in [1.165, 1.54) is 30.9 Å². The number of rotatable bonds is 4. The molecule has 1 fully saturated rings. The molecule has 1 aliphatic heterocycles. The average molecular weight is 397 g/mol. The molecule has 2 heterocycles. The number of hydrogen-bond acceptors (Lipinski definition) is 5. The van der Waals surface area contributed by atoms with Crippen LogP contribution in [0.15, 0.2) is 46.0 Å². The van der Waals surface area contributed by atoms with E-state index in [-0.39, 0.29) is 4.90 Å². The van der Waals surface area contributed by atoms with Crippen molar-refractivity contribution >= 4 is 37.6 Å². The fourth-order valence-electron chi connectivity index (χ4n) is 2.46. The molecule has 1 aromatic heterocycles. The standard InChI is InChI=1S/C15H17BrN4O2S/c16-12-4-6-14(7-5-12)23(21,22)19-13-10-17-15(18-11-13)20-8-2-1-3-9-20/h4-7,10-11,19H,1-3,8-9H2. The van der Waals surface area contributed by atoms with Crippen LogP contribution in [0.1, 0.15) is 19.3 Å². The summed E-state index contributed by atoms with van der Waals surface area (Å²) in [6, 6.07) is 6.44. The normalized spacial score (nSPS) is 15.4. The highest BCUT2D eigenvalue weighted by atomic mass is 79.9. The lowest BCUT2D eigenvalue weighted by Crippen LogP contribution is -2.30. The molecule has 2 aromatic rings. The molecule has 6 nitrogen and oxygen atoms in total. The van der Waals surface area contributed by atoms with Crippen LogP contribution in [0.4, 0.5) is 11.6 Å². The number of aromatic nitrogens is 2. The van der Waals surface area contributed by atoms with Crippen LogP contribution < -0.4 is 9.62 Å². The number of anilines is 2. The molecule has 0 amide bonds. The Kier molecular flexibility index (Phi) is 4.82. The molecule has 122 valence electrons. The van der Waals surface area contributed by atoms with Crippen LogP contribution in [-0.2, 0) is 10.0 Å². The van der Waals surface area contributed by atoms with Crippen molar-refractivity contribution in [2.45, 2.75) is 24.2 Å². The third kappa shape index (κ3) is 4.00. The molecule has 0 bridgehead atoms. The first-order valence-corrected chi connectivity index (χ1v) is 9.68. The number of nitrogens with zero attached hydrogens (tertiary/aromatic N) is 3. The maximum atomic E-state index is 12.3. The summed E-state index contributed by atoms with van der Waals surface area (Å²) >= 11 is 3.28. The van der Waals surface area contributed by atoms with Gasteiger partial charge in [0.05, 0.1) is 23.0 Å².